The van der Waals surface area contributed by atoms with Gasteiger partial charge >= 0.3 is 6.03 Å². The summed E-state index contributed by atoms with van der Waals surface area (Å²) >= 11 is 0. The minimum Gasteiger partial charge on any atom is -0.323 e. The number of nitrogens with zero attached hydrogens (tertiary/aromatic N) is 1. The molecule has 2 N–H and O–H groups in total. The van der Waals surface area contributed by atoms with E-state index in [9.17, 15) is 9.59 Å². The second-order valence-corrected chi connectivity index (χ2v) is 8.25. The van der Waals surface area contributed by atoms with Crippen LogP contribution < -0.4 is 10.6 Å². The van der Waals surface area contributed by atoms with E-state index in [1.165, 1.54) is 11.1 Å². The number of hydrogen-bond acceptors (Lipinski definition) is 3. The third kappa shape index (κ3) is 4.51. The number of urea groups is 1. The molecular formula is C24H29N3O2. The number of rotatable bonds is 7. The number of imide groups is 1. The van der Waals surface area contributed by atoms with E-state index in [1.807, 2.05) is 24.3 Å². The van der Waals surface area contributed by atoms with Crippen molar-refractivity contribution in [3.63, 3.8) is 0 Å². The van der Waals surface area contributed by atoms with Crippen molar-refractivity contribution in [1.29, 1.82) is 0 Å². The van der Waals surface area contributed by atoms with Crippen LogP contribution in [0.15, 0.2) is 60.7 Å². The van der Waals surface area contributed by atoms with Gasteiger partial charge in [-0.25, -0.2) is 4.79 Å². The molecule has 2 aliphatic rings. The molecule has 0 bridgehead atoms. The van der Waals surface area contributed by atoms with Crippen LogP contribution in [-0.4, -0.2) is 35.5 Å². The molecule has 0 unspecified atom stereocenters. The summed E-state index contributed by atoms with van der Waals surface area (Å²) in [5.74, 6) is 0.0359. The molecule has 5 heteroatoms. The van der Waals surface area contributed by atoms with Gasteiger partial charge in [0.15, 0.2) is 0 Å². The van der Waals surface area contributed by atoms with Crippen molar-refractivity contribution >= 4 is 11.9 Å². The first-order valence-electron chi connectivity index (χ1n) is 10.6. The van der Waals surface area contributed by atoms with E-state index in [0.717, 1.165) is 45.3 Å². The maximum atomic E-state index is 12.8. The van der Waals surface area contributed by atoms with Crippen LogP contribution >= 0.6 is 0 Å². The van der Waals surface area contributed by atoms with Gasteiger partial charge in [-0.2, -0.15) is 0 Å². The minimum absolute atomic E-state index is 0.142. The summed E-state index contributed by atoms with van der Waals surface area (Å²) in [5.41, 5.74) is 1.82. The summed E-state index contributed by atoms with van der Waals surface area (Å²) in [6, 6.07) is 20.5. The van der Waals surface area contributed by atoms with Crippen LogP contribution in [0.4, 0.5) is 4.79 Å². The number of carbonyl (C=O) groups excluding carboxylic acids is 2. The van der Waals surface area contributed by atoms with Crippen LogP contribution in [0, 0.1) is 5.92 Å². The molecule has 152 valence electrons. The largest absolute Gasteiger partial charge is 0.323 e. The summed E-state index contributed by atoms with van der Waals surface area (Å²) in [7, 11) is 0. The van der Waals surface area contributed by atoms with Crippen molar-refractivity contribution in [1.82, 2.24) is 15.5 Å². The van der Waals surface area contributed by atoms with Crippen molar-refractivity contribution in [2.75, 3.05) is 13.1 Å². The molecule has 0 saturated carbocycles. The van der Waals surface area contributed by atoms with E-state index in [0.29, 0.717) is 6.42 Å². The first kappa shape index (κ1) is 19.6. The maximum Gasteiger partial charge on any atom is 0.322 e. The van der Waals surface area contributed by atoms with Crippen LogP contribution in [0.1, 0.15) is 36.8 Å². The minimum atomic E-state index is -0.759. The monoisotopic (exact) mass is 391 g/mol. The van der Waals surface area contributed by atoms with E-state index >= 15 is 0 Å². The predicted molar refractivity (Wildman–Crippen MR) is 113 cm³/mol. The molecule has 0 aliphatic carbocycles. The van der Waals surface area contributed by atoms with Gasteiger partial charge in [-0.1, -0.05) is 60.7 Å². The molecule has 2 aliphatic heterocycles. The normalized spacial score (nSPS) is 23.0. The fourth-order valence-corrected chi connectivity index (χ4v) is 4.81. The Morgan fingerprint density at radius 2 is 1.52 bits per heavy atom. The molecule has 1 atom stereocenters. The Kier molecular flexibility index (Phi) is 5.95. The number of nitrogens with one attached hydrogen (secondary N) is 2. The van der Waals surface area contributed by atoms with Crippen LogP contribution in [0.25, 0.3) is 0 Å². The molecule has 0 spiro atoms. The first-order chi connectivity index (χ1) is 14.2. The molecule has 2 saturated heterocycles. The molecule has 0 radical (unpaired) electrons. The number of hydrogen-bond donors (Lipinski definition) is 2. The number of likely N-dealkylation sites (tertiary alicyclic amines) is 1. The lowest BCUT2D eigenvalue weighted by Crippen LogP contribution is -2.56. The SMILES string of the molecule is O=C1NC(=O)[C@@](CCCc2ccccc2)(C2CCN(Cc3ccccc3)CC2)N1. The third-order valence-corrected chi connectivity index (χ3v) is 6.38. The van der Waals surface area contributed by atoms with Crippen molar-refractivity contribution in [2.45, 2.75) is 44.2 Å². The first-order valence-corrected chi connectivity index (χ1v) is 10.6. The summed E-state index contributed by atoms with van der Waals surface area (Å²) in [5, 5.41) is 5.52. The lowest BCUT2D eigenvalue weighted by atomic mass is 9.74. The zero-order valence-corrected chi connectivity index (χ0v) is 16.8. The Morgan fingerprint density at radius 3 is 2.10 bits per heavy atom. The van der Waals surface area contributed by atoms with Crippen molar-refractivity contribution in [2.24, 2.45) is 5.92 Å². The summed E-state index contributed by atoms with van der Waals surface area (Å²) < 4.78 is 0. The Labute approximate surface area is 172 Å². The molecule has 2 heterocycles. The molecule has 29 heavy (non-hydrogen) atoms. The van der Waals surface area contributed by atoms with Crippen LogP contribution in [0.5, 0.6) is 0 Å². The van der Waals surface area contributed by atoms with Gasteiger partial charge in [-0.05, 0) is 62.2 Å². The molecule has 2 aromatic carbocycles. The van der Waals surface area contributed by atoms with E-state index in [2.05, 4.69) is 51.9 Å². The van der Waals surface area contributed by atoms with E-state index in [4.69, 9.17) is 0 Å². The fourth-order valence-electron chi connectivity index (χ4n) is 4.81. The summed E-state index contributed by atoms with van der Waals surface area (Å²) in [4.78, 5) is 27.3. The Bertz CT molecular complexity index is 832. The number of benzene rings is 2. The highest BCUT2D eigenvalue weighted by Crippen LogP contribution is 2.35. The topological polar surface area (TPSA) is 61.4 Å². The van der Waals surface area contributed by atoms with E-state index in [-0.39, 0.29) is 17.9 Å². The lowest BCUT2D eigenvalue weighted by molar-refractivity contribution is -0.127. The zero-order valence-electron chi connectivity index (χ0n) is 16.8. The number of piperidine rings is 1. The zero-order chi connectivity index (χ0) is 20.1. The fraction of sp³-hybridized carbons (Fsp3) is 0.417. The molecule has 3 amide bonds. The Balaban J connectivity index is 1.38. The third-order valence-electron chi connectivity index (χ3n) is 6.38. The summed E-state index contributed by atoms with van der Waals surface area (Å²) in [6.07, 6.45) is 4.32. The van der Waals surface area contributed by atoms with Gasteiger partial charge in [0, 0.05) is 6.54 Å². The van der Waals surface area contributed by atoms with Crippen molar-refractivity contribution in [3.05, 3.63) is 71.8 Å². The Morgan fingerprint density at radius 1 is 0.897 bits per heavy atom. The van der Waals surface area contributed by atoms with Crippen LogP contribution in [-0.2, 0) is 17.8 Å². The van der Waals surface area contributed by atoms with Crippen LogP contribution in [0.2, 0.25) is 0 Å². The highest BCUT2D eigenvalue weighted by Gasteiger charge is 2.51. The lowest BCUT2D eigenvalue weighted by Gasteiger charge is -2.40. The smallest absolute Gasteiger partial charge is 0.322 e. The van der Waals surface area contributed by atoms with Gasteiger partial charge in [0.25, 0.3) is 5.91 Å². The number of aryl methyl sites for hydroxylation is 1. The number of amides is 3. The molecular weight excluding hydrogens is 362 g/mol. The standard InChI is InChI=1S/C24H29N3O2/c28-22-24(26-23(29)25-22,15-7-12-19-8-3-1-4-9-19)21-13-16-27(17-14-21)18-20-10-5-2-6-11-20/h1-6,8-11,21H,7,12-18H2,(H2,25,26,28,29)/t24-/m1/s1. The average Bonchev–Trinajstić information content (AvgIpc) is 3.04. The second-order valence-electron chi connectivity index (χ2n) is 8.25. The quantitative estimate of drug-likeness (QED) is 0.710. The summed E-state index contributed by atoms with van der Waals surface area (Å²) in [6.45, 7) is 2.83. The molecule has 4 rings (SSSR count). The van der Waals surface area contributed by atoms with Gasteiger partial charge in [-0.15, -0.1) is 0 Å². The second kappa shape index (κ2) is 8.78. The van der Waals surface area contributed by atoms with E-state index in [1.54, 1.807) is 0 Å². The van der Waals surface area contributed by atoms with Crippen molar-refractivity contribution in [3.8, 4) is 0 Å². The van der Waals surface area contributed by atoms with Gasteiger partial charge in [-0.3, -0.25) is 15.0 Å². The average molecular weight is 392 g/mol. The maximum absolute atomic E-state index is 12.8. The van der Waals surface area contributed by atoms with Gasteiger partial charge in [0.1, 0.15) is 5.54 Å². The molecule has 0 aromatic heterocycles. The molecule has 2 fully saturated rings. The highest BCUT2D eigenvalue weighted by atomic mass is 16.2. The van der Waals surface area contributed by atoms with Crippen molar-refractivity contribution < 1.29 is 9.59 Å². The predicted octanol–water partition coefficient (Wildman–Crippen LogP) is 3.50. The highest BCUT2D eigenvalue weighted by molar-refractivity contribution is 6.07. The molecule has 5 nitrogen and oxygen atoms in total. The van der Waals surface area contributed by atoms with E-state index < -0.39 is 5.54 Å². The van der Waals surface area contributed by atoms with Gasteiger partial charge in [0.2, 0.25) is 0 Å². The Hall–Kier alpha value is -2.66. The van der Waals surface area contributed by atoms with Gasteiger partial charge in [0.05, 0.1) is 0 Å². The van der Waals surface area contributed by atoms with Crippen LogP contribution in [0.3, 0.4) is 0 Å². The number of carbonyl (C=O) groups is 2. The molecule has 2 aromatic rings. The van der Waals surface area contributed by atoms with Gasteiger partial charge < -0.3 is 5.32 Å².